The van der Waals surface area contributed by atoms with E-state index in [2.05, 4.69) is 15.2 Å². The average molecular weight is 263 g/mol. The predicted octanol–water partition coefficient (Wildman–Crippen LogP) is 1.32. The zero-order chi connectivity index (χ0) is 13.2. The summed E-state index contributed by atoms with van der Waals surface area (Å²) in [5.41, 5.74) is 0.478. The van der Waals surface area contributed by atoms with Crippen molar-refractivity contribution in [2.24, 2.45) is 5.92 Å². The van der Waals surface area contributed by atoms with Crippen LogP contribution in [-0.4, -0.2) is 34.9 Å². The van der Waals surface area contributed by atoms with Crippen LogP contribution in [-0.2, 0) is 11.3 Å². The van der Waals surface area contributed by atoms with Gasteiger partial charge < -0.3 is 5.32 Å². The quantitative estimate of drug-likeness (QED) is 0.891. The number of nitrogens with one attached hydrogen (secondary N) is 1. The van der Waals surface area contributed by atoms with Gasteiger partial charge in [-0.1, -0.05) is 0 Å². The molecule has 0 spiro atoms. The van der Waals surface area contributed by atoms with E-state index in [-0.39, 0.29) is 18.3 Å². The minimum atomic E-state index is -0.372. The lowest BCUT2D eigenvalue weighted by molar-refractivity contribution is -0.122. The molecule has 5 heteroatoms. The number of nitrogens with zero attached hydrogens (tertiary/aromatic N) is 2. The maximum absolute atomic E-state index is 13.3. The first-order valence-corrected chi connectivity index (χ1v) is 6.81. The Labute approximate surface area is 112 Å². The third-order valence-electron chi connectivity index (χ3n) is 4.20. The molecule has 1 N–H and O–H groups in total. The fourth-order valence-electron chi connectivity index (χ4n) is 3.20. The van der Waals surface area contributed by atoms with Gasteiger partial charge in [0.15, 0.2) is 0 Å². The molecule has 1 aliphatic carbocycles. The van der Waals surface area contributed by atoms with Crippen LogP contribution in [0.15, 0.2) is 18.5 Å². The lowest BCUT2D eigenvalue weighted by Gasteiger charge is -2.25. The van der Waals surface area contributed by atoms with Crippen molar-refractivity contribution in [3.63, 3.8) is 0 Å². The molecule has 102 valence electrons. The molecule has 2 fully saturated rings. The number of piperidine rings is 1. The second-order valence-corrected chi connectivity index (χ2v) is 5.51. The Bertz CT molecular complexity index is 480. The molecule has 0 radical (unpaired) electrons. The highest BCUT2D eigenvalue weighted by atomic mass is 19.1. The molecule has 3 rings (SSSR count). The average Bonchev–Trinajstić information content (AvgIpc) is 3.00. The van der Waals surface area contributed by atoms with E-state index in [1.165, 1.54) is 31.7 Å². The van der Waals surface area contributed by atoms with Crippen molar-refractivity contribution in [3.8, 4) is 0 Å². The molecular formula is C14H18FN3O. The van der Waals surface area contributed by atoms with Crippen LogP contribution in [0.3, 0.4) is 0 Å². The van der Waals surface area contributed by atoms with Crippen molar-refractivity contribution in [1.82, 2.24) is 15.2 Å². The van der Waals surface area contributed by atoms with Crippen molar-refractivity contribution in [3.05, 3.63) is 29.8 Å². The van der Waals surface area contributed by atoms with E-state index in [9.17, 15) is 9.18 Å². The fraction of sp³-hybridized carbons (Fsp3) is 0.571. The van der Waals surface area contributed by atoms with E-state index in [4.69, 9.17) is 0 Å². The molecule has 2 bridgehead atoms. The first-order chi connectivity index (χ1) is 9.22. The summed E-state index contributed by atoms with van der Waals surface area (Å²) < 4.78 is 13.3. The van der Waals surface area contributed by atoms with Gasteiger partial charge in [-0.2, -0.15) is 0 Å². The molecule has 0 unspecified atom stereocenters. The van der Waals surface area contributed by atoms with Crippen molar-refractivity contribution >= 4 is 5.91 Å². The molecule has 2 aliphatic rings. The molecule has 19 heavy (non-hydrogen) atoms. The minimum absolute atomic E-state index is 0.0243. The zero-order valence-corrected chi connectivity index (χ0v) is 10.8. The number of rotatable bonds is 4. The van der Waals surface area contributed by atoms with Crippen LogP contribution >= 0.6 is 0 Å². The van der Waals surface area contributed by atoms with Crippen LogP contribution in [0.4, 0.5) is 4.39 Å². The molecule has 1 aromatic heterocycles. The summed E-state index contributed by atoms with van der Waals surface area (Å²) in [5.74, 6) is 0.391. The van der Waals surface area contributed by atoms with Gasteiger partial charge in [0.25, 0.3) is 0 Å². The van der Waals surface area contributed by atoms with Crippen LogP contribution in [0, 0.1) is 11.7 Å². The molecule has 2 heterocycles. The number of halogens is 1. The van der Waals surface area contributed by atoms with Gasteiger partial charge in [-0.25, -0.2) is 4.39 Å². The number of carbonyl (C=O) groups is 1. The van der Waals surface area contributed by atoms with Crippen LogP contribution < -0.4 is 5.32 Å². The minimum Gasteiger partial charge on any atom is -0.351 e. The van der Waals surface area contributed by atoms with E-state index >= 15 is 0 Å². The molecule has 0 aromatic carbocycles. The summed E-state index contributed by atoms with van der Waals surface area (Å²) in [5, 5.41) is 2.78. The summed E-state index contributed by atoms with van der Waals surface area (Å²) in [6.45, 7) is 1.71. The first kappa shape index (κ1) is 12.5. The molecular weight excluding hydrogens is 245 g/mol. The largest absolute Gasteiger partial charge is 0.351 e. The predicted molar refractivity (Wildman–Crippen MR) is 68.7 cm³/mol. The Hall–Kier alpha value is -1.49. The van der Waals surface area contributed by atoms with Gasteiger partial charge in [0, 0.05) is 30.9 Å². The Morgan fingerprint density at radius 3 is 3.11 bits per heavy atom. The fourth-order valence-corrected chi connectivity index (χ4v) is 3.20. The maximum atomic E-state index is 13.3. The Morgan fingerprint density at radius 1 is 1.53 bits per heavy atom. The number of fused-ring (bicyclic) bond motifs is 2. The van der Waals surface area contributed by atoms with Gasteiger partial charge in [-0.15, -0.1) is 0 Å². The van der Waals surface area contributed by atoms with Gasteiger partial charge >= 0.3 is 0 Å². The van der Waals surface area contributed by atoms with Gasteiger partial charge in [-0.05, 0) is 31.2 Å². The summed E-state index contributed by atoms with van der Waals surface area (Å²) in [4.78, 5) is 17.8. The highest BCUT2D eigenvalue weighted by Gasteiger charge is 2.38. The van der Waals surface area contributed by atoms with Gasteiger partial charge in [0.05, 0.1) is 12.7 Å². The third-order valence-corrected chi connectivity index (χ3v) is 4.20. The van der Waals surface area contributed by atoms with Crippen molar-refractivity contribution < 1.29 is 9.18 Å². The zero-order valence-electron chi connectivity index (χ0n) is 10.8. The van der Waals surface area contributed by atoms with Crippen molar-refractivity contribution in [2.45, 2.75) is 31.8 Å². The number of carbonyl (C=O) groups excluding carboxylic acids is 1. The number of hydrogen-bond acceptors (Lipinski definition) is 3. The molecule has 1 amide bonds. The highest BCUT2D eigenvalue weighted by Crippen LogP contribution is 2.36. The number of pyridine rings is 1. The molecule has 1 saturated heterocycles. The molecule has 1 aromatic rings. The van der Waals surface area contributed by atoms with E-state index in [0.29, 0.717) is 18.2 Å². The second kappa shape index (κ2) is 5.25. The maximum Gasteiger partial charge on any atom is 0.234 e. The van der Waals surface area contributed by atoms with Gasteiger partial charge in [0.2, 0.25) is 5.91 Å². The van der Waals surface area contributed by atoms with Gasteiger partial charge in [-0.3, -0.25) is 14.7 Å². The second-order valence-electron chi connectivity index (χ2n) is 5.51. The number of hydrogen-bond donors (Lipinski definition) is 1. The molecule has 1 aliphatic heterocycles. The van der Waals surface area contributed by atoms with Crippen molar-refractivity contribution in [2.75, 3.05) is 13.1 Å². The standard InChI is InChI=1S/C14H18FN3O/c15-13-7-16-4-3-11(13)6-17-14(19)9-18-8-10-1-2-12(18)5-10/h3-4,7,10,12H,1-2,5-6,8-9H2,(H,17,19)/t10-,12+/m1/s1. The van der Waals surface area contributed by atoms with Crippen LogP contribution in [0.5, 0.6) is 0 Å². The van der Waals surface area contributed by atoms with Crippen LogP contribution in [0.1, 0.15) is 24.8 Å². The normalized spacial score (nSPS) is 25.7. The summed E-state index contributed by atoms with van der Waals surface area (Å²) in [7, 11) is 0. The first-order valence-electron chi connectivity index (χ1n) is 6.81. The van der Waals surface area contributed by atoms with E-state index in [0.717, 1.165) is 12.5 Å². The number of likely N-dealkylation sites (tertiary alicyclic amines) is 1. The van der Waals surface area contributed by atoms with Crippen LogP contribution in [0.25, 0.3) is 0 Å². The summed E-state index contributed by atoms with van der Waals surface area (Å²) in [6.07, 6.45) is 6.47. The monoisotopic (exact) mass is 263 g/mol. The SMILES string of the molecule is O=C(CN1C[C@@H]2CC[C@H]1C2)NCc1ccncc1F. The lowest BCUT2D eigenvalue weighted by Crippen LogP contribution is -2.41. The van der Waals surface area contributed by atoms with Gasteiger partial charge in [0.1, 0.15) is 5.82 Å². The molecule has 2 atom stereocenters. The number of aromatic nitrogens is 1. The molecule has 1 saturated carbocycles. The molecule has 4 nitrogen and oxygen atoms in total. The highest BCUT2D eigenvalue weighted by molar-refractivity contribution is 5.78. The topological polar surface area (TPSA) is 45.2 Å². The number of amides is 1. The van der Waals surface area contributed by atoms with Crippen molar-refractivity contribution in [1.29, 1.82) is 0 Å². The van der Waals surface area contributed by atoms with Crippen LogP contribution in [0.2, 0.25) is 0 Å². The Balaban J connectivity index is 1.48. The van der Waals surface area contributed by atoms with E-state index < -0.39 is 0 Å². The smallest absolute Gasteiger partial charge is 0.234 e. The van der Waals surface area contributed by atoms with E-state index in [1.807, 2.05) is 0 Å². The third kappa shape index (κ3) is 2.76. The Morgan fingerprint density at radius 2 is 2.42 bits per heavy atom. The summed E-state index contributed by atoms with van der Waals surface area (Å²) >= 11 is 0. The summed E-state index contributed by atoms with van der Waals surface area (Å²) in [6, 6.07) is 2.18. The lowest BCUT2D eigenvalue weighted by atomic mass is 10.1. The van der Waals surface area contributed by atoms with E-state index in [1.54, 1.807) is 6.07 Å². The Kier molecular flexibility index (Phi) is 3.46.